The van der Waals surface area contributed by atoms with Gasteiger partial charge in [-0.25, -0.2) is 4.79 Å². The molecule has 1 aromatic heterocycles. The summed E-state index contributed by atoms with van der Waals surface area (Å²) in [6.07, 6.45) is 0.720. The minimum atomic E-state index is -0.388. The number of benzene rings is 3. The summed E-state index contributed by atoms with van der Waals surface area (Å²) in [5.41, 5.74) is 2.62. The second kappa shape index (κ2) is 10.3. The van der Waals surface area contributed by atoms with E-state index in [-0.39, 0.29) is 11.5 Å². The number of hydrogen-bond donors (Lipinski definition) is 1. The van der Waals surface area contributed by atoms with Crippen LogP contribution in [0.1, 0.15) is 22.3 Å². The van der Waals surface area contributed by atoms with Crippen LogP contribution in [-0.2, 0) is 6.54 Å². The van der Waals surface area contributed by atoms with Crippen LogP contribution >= 0.6 is 15.9 Å². The van der Waals surface area contributed by atoms with E-state index in [9.17, 15) is 9.59 Å². The molecule has 0 bridgehead atoms. The van der Waals surface area contributed by atoms with Crippen molar-refractivity contribution < 1.29 is 9.21 Å². The van der Waals surface area contributed by atoms with Crippen molar-refractivity contribution in [1.82, 2.24) is 4.90 Å². The molecule has 0 spiro atoms. The Balaban J connectivity index is 1.46. The average molecular weight is 491 g/mol. The van der Waals surface area contributed by atoms with E-state index < -0.39 is 0 Å². The first kappa shape index (κ1) is 21.8. The quantitative estimate of drug-likeness (QED) is 0.254. The normalized spacial score (nSPS) is 10.8. The zero-order valence-electron chi connectivity index (χ0n) is 17.5. The highest BCUT2D eigenvalue weighted by Gasteiger charge is 2.18. The first-order valence-corrected chi connectivity index (χ1v) is 11.3. The number of rotatable bonds is 8. The van der Waals surface area contributed by atoms with Crippen LogP contribution < -0.4 is 10.9 Å². The van der Waals surface area contributed by atoms with Gasteiger partial charge >= 0.3 is 5.63 Å². The van der Waals surface area contributed by atoms with Crippen LogP contribution in [0, 0.1) is 0 Å². The van der Waals surface area contributed by atoms with E-state index in [0.717, 1.165) is 27.5 Å². The van der Waals surface area contributed by atoms with Crippen molar-refractivity contribution in [2.75, 3.05) is 18.4 Å². The Kier molecular flexibility index (Phi) is 7.02. The van der Waals surface area contributed by atoms with Gasteiger partial charge in [0.1, 0.15) is 5.58 Å². The predicted octanol–water partition coefficient (Wildman–Crippen LogP) is 5.70. The van der Waals surface area contributed by atoms with Gasteiger partial charge in [0.25, 0.3) is 5.91 Å². The highest BCUT2D eigenvalue weighted by molar-refractivity contribution is 9.10. The lowest BCUT2D eigenvalue weighted by Crippen LogP contribution is -2.32. The summed E-state index contributed by atoms with van der Waals surface area (Å²) in [6, 6.07) is 26.3. The highest BCUT2D eigenvalue weighted by atomic mass is 79.9. The fraction of sp³-hybridized carbons (Fsp3) is 0.154. The minimum absolute atomic E-state index is 0.0212. The second-order valence-electron chi connectivity index (χ2n) is 7.45. The summed E-state index contributed by atoms with van der Waals surface area (Å²) in [7, 11) is 0. The average Bonchev–Trinajstić information content (AvgIpc) is 2.81. The van der Waals surface area contributed by atoms with Crippen LogP contribution in [0.5, 0.6) is 0 Å². The van der Waals surface area contributed by atoms with E-state index in [1.54, 1.807) is 6.07 Å². The molecule has 0 fully saturated rings. The van der Waals surface area contributed by atoms with E-state index in [4.69, 9.17) is 4.42 Å². The molecule has 0 saturated carbocycles. The molecule has 4 rings (SSSR count). The number of amides is 1. The van der Waals surface area contributed by atoms with Crippen molar-refractivity contribution in [3.63, 3.8) is 0 Å². The zero-order valence-corrected chi connectivity index (χ0v) is 19.0. The molecule has 4 aromatic rings. The molecular formula is C26H23BrN2O3. The van der Waals surface area contributed by atoms with Crippen molar-refractivity contribution in [3.8, 4) is 0 Å². The second-order valence-corrected chi connectivity index (χ2v) is 8.30. The maximum absolute atomic E-state index is 13.3. The minimum Gasteiger partial charge on any atom is -0.423 e. The fourth-order valence-corrected chi connectivity index (χ4v) is 4.07. The Morgan fingerprint density at radius 2 is 1.66 bits per heavy atom. The van der Waals surface area contributed by atoms with Gasteiger partial charge in [-0.2, -0.15) is 0 Å². The first-order valence-electron chi connectivity index (χ1n) is 10.5. The lowest BCUT2D eigenvalue weighted by Gasteiger charge is -2.24. The number of carbonyl (C=O) groups excluding carboxylic acids is 1. The SMILES string of the molecule is O=C(c1ccccc1Br)N(CCCNc1cc(=O)oc2ccccc12)Cc1ccccc1. The summed E-state index contributed by atoms with van der Waals surface area (Å²) in [6.45, 7) is 1.71. The number of hydrogen-bond acceptors (Lipinski definition) is 4. The van der Waals surface area contributed by atoms with Crippen LogP contribution in [0.4, 0.5) is 5.69 Å². The lowest BCUT2D eigenvalue weighted by atomic mass is 10.1. The van der Waals surface area contributed by atoms with Gasteiger partial charge in [0, 0.05) is 35.6 Å². The molecule has 162 valence electrons. The molecule has 0 aliphatic carbocycles. The maximum Gasteiger partial charge on any atom is 0.338 e. The third-order valence-corrected chi connectivity index (χ3v) is 5.87. The van der Waals surface area contributed by atoms with Crippen molar-refractivity contribution >= 4 is 38.5 Å². The number of nitrogens with zero attached hydrogens (tertiary/aromatic N) is 1. The predicted molar refractivity (Wildman–Crippen MR) is 131 cm³/mol. The molecule has 1 N–H and O–H groups in total. The molecule has 0 saturated heterocycles. The maximum atomic E-state index is 13.3. The van der Waals surface area contributed by atoms with Crippen molar-refractivity contribution in [1.29, 1.82) is 0 Å². The van der Waals surface area contributed by atoms with Gasteiger partial charge in [-0.15, -0.1) is 0 Å². The smallest absolute Gasteiger partial charge is 0.338 e. The van der Waals surface area contributed by atoms with Gasteiger partial charge in [0.2, 0.25) is 0 Å². The topological polar surface area (TPSA) is 62.6 Å². The van der Waals surface area contributed by atoms with Gasteiger partial charge < -0.3 is 14.6 Å². The monoisotopic (exact) mass is 490 g/mol. The summed E-state index contributed by atoms with van der Waals surface area (Å²) < 4.78 is 6.03. The number of carbonyl (C=O) groups is 1. The van der Waals surface area contributed by atoms with Gasteiger partial charge in [-0.3, -0.25) is 4.79 Å². The summed E-state index contributed by atoms with van der Waals surface area (Å²) in [4.78, 5) is 27.0. The molecule has 3 aromatic carbocycles. The standard InChI is InChI=1S/C26H23BrN2O3/c27-22-13-6-4-11-20(22)26(31)29(18-19-9-2-1-3-10-19)16-8-15-28-23-17-25(30)32-24-14-7-5-12-21(23)24/h1-7,9-14,17,28H,8,15-16,18H2. The Morgan fingerprint density at radius 3 is 2.47 bits per heavy atom. The van der Waals surface area contributed by atoms with Crippen molar-refractivity contribution in [2.45, 2.75) is 13.0 Å². The molecule has 0 aliphatic heterocycles. The number of anilines is 1. The molecule has 1 heterocycles. The summed E-state index contributed by atoms with van der Waals surface area (Å²) in [5.74, 6) is -0.0212. The molecule has 1 amide bonds. The summed E-state index contributed by atoms with van der Waals surface area (Å²) in [5, 5.41) is 4.19. The molecule has 6 heteroatoms. The van der Waals surface area contributed by atoms with E-state index in [2.05, 4.69) is 21.2 Å². The molecule has 0 atom stereocenters. The molecule has 0 unspecified atom stereocenters. The Bertz CT molecular complexity index is 1270. The molecular weight excluding hydrogens is 468 g/mol. The van der Waals surface area contributed by atoms with Gasteiger partial charge in [0.05, 0.1) is 11.3 Å². The van der Waals surface area contributed by atoms with Crippen LogP contribution in [-0.4, -0.2) is 23.9 Å². The van der Waals surface area contributed by atoms with Gasteiger partial charge in [0.15, 0.2) is 0 Å². The molecule has 5 nitrogen and oxygen atoms in total. The lowest BCUT2D eigenvalue weighted by molar-refractivity contribution is 0.0741. The highest BCUT2D eigenvalue weighted by Crippen LogP contribution is 2.22. The van der Waals surface area contributed by atoms with Crippen LogP contribution in [0.25, 0.3) is 11.0 Å². The molecule has 32 heavy (non-hydrogen) atoms. The number of fused-ring (bicyclic) bond motifs is 1. The number of para-hydroxylation sites is 1. The Morgan fingerprint density at radius 1 is 0.938 bits per heavy atom. The largest absolute Gasteiger partial charge is 0.423 e. The van der Waals surface area contributed by atoms with E-state index in [0.29, 0.717) is 30.8 Å². The third-order valence-electron chi connectivity index (χ3n) is 5.18. The van der Waals surface area contributed by atoms with Crippen LogP contribution in [0.15, 0.2) is 98.6 Å². The van der Waals surface area contributed by atoms with E-state index >= 15 is 0 Å². The number of nitrogens with one attached hydrogen (secondary N) is 1. The summed E-state index contributed by atoms with van der Waals surface area (Å²) >= 11 is 3.49. The van der Waals surface area contributed by atoms with Crippen LogP contribution in [0.2, 0.25) is 0 Å². The van der Waals surface area contributed by atoms with Crippen LogP contribution in [0.3, 0.4) is 0 Å². The first-order chi connectivity index (χ1) is 15.6. The molecule has 0 radical (unpaired) electrons. The fourth-order valence-electron chi connectivity index (χ4n) is 3.61. The van der Waals surface area contributed by atoms with Crippen molar-refractivity contribution in [3.05, 3.63) is 111 Å². The number of halogens is 1. The molecule has 0 aliphatic rings. The van der Waals surface area contributed by atoms with Gasteiger partial charge in [-0.1, -0.05) is 54.6 Å². The van der Waals surface area contributed by atoms with E-state index in [1.807, 2.05) is 77.7 Å². The van der Waals surface area contributed by atoms with Crippen molar-refractivity contribution in [2.24, 2.45) is 0 Å². The van der Waals surface area contributed by atoms with Gasteiger partial charge in [-0.05, 0) is 52.2 Å². The van der Waals surface area contributed by atoms with E-state index in [1.165, 1.54) is 6.07 Å². The third kappa shape index (κ3) is 5.26. The zero-order chi connectivity index (χ0) is 22.3. The Hall–Kier alpha value is -3.38. The Labute approximate surface area is 194 Å².